The van der Waals surface area contributed by atoms with Crippen LogP contribution in [0.4, 0.5) is 5.69 Å². The molecule has 1 aliphatic rings. The Bertz CT molecular complexity index is 1340. The number of hydrogen-bond donors (Lipinski definition) is 1. The number of benzene rings is 2. The topological polar surface area (TPSA) is 67.2 Å². The molecule has 34 heavy (non-hydrogen) atoms. The molecular formula is C27H26N4O2S. The number of rotatable bonds is 5. The highest BCUT2D eigenvalue weighted by atomic mass is 32.1. The maximum absolute atomic E-state index is 13.9. The van der Waals surface area contributed by atoms with Crippen LogP contribution >= 0.6 is 11.3 Å². The maximum atomic E-state index is 13.9. The Morgan fingerprint density at radius 1 is 1.06 bits per heavy atom. The number of amides is 2. The van der Waals surface area contributed by atoms with Crippen molar-refractivity contribution < 1.29 is 9.59 Å². The summed E-state index contributed by atoms with van der Waals surface area (Å²) < 4.78 is 1.68. The number of anilines is 1. The highest BCUT2D eigenvalue weighted by molar-refractivity contribution is 7.13. The van der Waals surface area contributed by atoms with E-state index < -0.39 is 5.54 Å². The van der Waals surface area contributed by atoms with Crippen LogP contribution in [0, 0.1) is 13.8 Å². The van der Waals surface area contributed by atoms with Crippen LogP contribution in [0.1, 0.15) is 34.1 Å². The summed E-state index contributed by atoms with van der Waals surface area (Å²) in [6.45, 7) is 6.45. The summed E-state index contributed by atoms with van der Waals surface area (Å²) in [6.07, 6.45) is 0. The second-order valence-electron chi connectivity index (χ2n) is 8.98. The number of hydrogen-bond acceptors (Lipinski definition) is 4. The molecule has 1 atom stereocenters. The summed E-state index contributed by atoms with van der Waals surface area (Å²) in [5, 5.41) is 9.74. The summed E-state index contributed by atoms with van der Waals surface area (Å²) in [4.78, 5) is 30.2. The van der Waals surface area contributed by atoms with Gasteiger partial charge in [0.15, 0.2) is 0 Å². The Morgan fingerprint density at radius 3 is 2.47 bits per heavy atom. The number of aryl methyl sites for hydroxylation is 2. The quantitative estimate of drug-likeness (QED) is 0.448. The van der Waals surface area contributed by atoms with E-state index in [1.807, 2.05) is 86.8 Å². The van der Waals surface area contributed by atoms with Gasteiger partial charge in [-0.3, -0.25) is 19.2 Å². The average Bonchev–Trinajstić information content (AvgIpc) is 3.47. The van der Waals surface area contributed by atoms with Gasteiger partial charge in [0, 0.05) is 12.2 Å². The lowest BCUT2D eigenvalue weighted by Crippen LogP contribution is -2.64. The van der Waals surface area contributed by atoms with E-state index in [0.29, 0.717) is 17.9 Å². The third kappa shape index (κ3) is 3.92. The number of carbonyl (C=O) groups excluding carboxylic acids is 2. The monoisotopic (exact) mass is 470 g/mol. The second kappa shape index (κ2) is 8.57. The van der Waals surface area contributed by atoms with E-state index in [2.05, 4.69) is 11.4 Å². The molecule has 0 radical (unpaired) electrons. The maximum Gasteiger partial charge on any atom is 0.277 e. The molecule has 0 fully saturated rings. The Balaban J connectivity index is 1.57. The van der Waals surface area contributed by atoms with Gasteiger partial charge in [-0.15, -0.1) is 11.3 Å². The van der Waals surface area contributed by atoms with Gasteiger partial charge in [0.05, 0.1) is 11.4 Å². The molecule has 2 aromatic carbocycles. The van der Waals surface area contributed by atoms with Gasteiger partial charge in [-0.25, -0.2) is 0 Å². The summed E-state index contributed by atoms with van der Waals surface area (Å²) in [7, 11) is 0. The van der Waals surface area contributed by atoms with Crippen molar-refractivity contribution in [1.29, 1.82) is 0 Å². The molecule has 0 unspecified atom stereocenters. The third-order valence-corrected chi connectivity index (χ3v) is 7.07. The highest BCUT2D eigenvalue weighted by Gasteiger charge is 2.49. The number of fused-ring (bicyclic) bond motifs is 1. The fourth-order valence-corrected chi connectivity index (χ4v) is 5.26. The van der Waals surface area contributed by atoms with Crippen molar-refractivity contribution in [2.24, 2.45) is 0 Å². The Morgan fingerprint density at radius 2 is 1.79 bits per heavy atom. The first-order valence-corrected chi connectivity index (χ1v) is 12.1. The lowest BCUT2D eigenvalue weighted by Gasteiger charge is -2.43. The van der Waals surface area contributed by atoms with E-state index in [-0.39, 0.29) is 18.4 Å². The summed E-state index contributed by atoms with van der Waals surface area (Å²) >= 11 is 1.57. The molecule has 0 aliphatic carbocycles. The van der Waals surface area contributed by atoms with Crippen LogP contribution < -0.4 is 10.2 Å². The molecule has 0 spiro atoms. The van der Waals surface area contributed by atoms with Crippen LogP contribution in [0.25, 0.3) is 10.6 Å². The first-order chi connectivity index (χ1) is 16.3. The molecule has 4 aromatic rings. The van der Waals surface area contributed by atoms with E-state index >= 15 is 0 Å². The van der Waals surface area contributed by atoms with Crippen molar-refractivity contribution in [3.05, 3.63) is 94.5 Å². The molecule has 0 bridgehead atoms. The van der Waals surface area contributed by atoms with Crippen LogP contribution in [-0.4, -0.2) is 27.1 Å². The summed E-state index contributed by atoms with van der Waals surface area (Å²) in [6, 6.07) is 21.5. The molecule has 2 amide bonds. The largest absolute Gasteiger partial charge is 0.350 e. The zero-order valence-corrected chi connectivity index (χ0v) is 20.2. The van der Waals surface area contributed by atoms with Gasteiger partial charge in [0.25, 0.3) is 5.91 Å². The van der Waals surface area contributed by atoms with E-state index in [4.69, 9.17) is 5.10 Å². The minimum Gasteiger partial charge on any atom is -0.350 e. The number of nitrogens with one attached hydrogen (secondary N) is 1. The van der Waals surface area contributed by atoms with Gasteiger partial charge in [-0.05, 0) is 67.1 Å². The molecule has 2 aromatic heterocycles. The molecule has 0 saturated carbocycles. The molecule has 7 heteroatoms. The normalized spacial score (nSPS) is 17.5. The van der Waals surface area contributed by atoms with Gasteiger partial charge in [-0.1, -0.05) is 42.5 Å². The zero-order valence-electron chi connectivity index (χ0n) is 19.4. The molecule has 1 N–H and O–H groups in total. The molecule has 1 aliphatic heterocycles. The Labute approximate surface area is 202 Å². The number of carbonyl (C=O) groups is 2. The molecule has 0 saturated heterocycles. The molecule has 5 rings (SSSR count). The second-order valence-corrected chi connectivity index (χ2v) is 9.93. The van der Waals surface area contributed by atoms with Crippen LogP contribution in [0.3, 0.4) is 0 Å². The first kappa shape index (κ1) is 22.1. The summed E-state index contributed by atoms with van der Waals surface area (Å²) in [5.74, 6) is -0.452. The molecule has 3 heterocycles. The SMILES string of the molecule is Cc1cc(C)cc(N2C(=O)c3cc(-c4cccs4)nn3C[C@@]2(C)C(=O)NCc2ccccc2)c1. The van der Waals surface area contributed by atoms with Crippen LogP contribution in [0.2, 0.25) is 0 Å². The Kier molecular flexibility index (Phi) is 5.57. The van der Waals surface area contributed by atoms with Crippen molar-refractivity contribution in [2.75, 3.05) is 4.90 Å². The van der Waals surface area contributed by atoms with Gasteiger partial charge >= 0.3 is 0 Å². The van der Waals surface area contributed by atoms with Crippen molar-refractivity contribution in [2.45, 2.75) is 39.4 Å². The van der Waals surface area contributed by atoms with E-state index in [0.717, 1.165) is 27.3 Å². The lowest BCUT2D eigenvalue weighted by molar-refractivity contribution is -0.126. The Hall–Kier alpha value is -3.71. The summed E-state index contributed by atoms with van der Waals surface area (Å²) in [5.41, 5.74) is 3.85. The predicted molar refractivity (Wildman–Crippen MR) is 135 cm³/mol. The third-order valence-electron chi connectivity index (χ3n) is 6.18. The number of thiophene rings is 1. The fraction of sp³-hybridized carbons (Fsp3) is 0.222. The highest BCUT2D eigenvalue weighted by Crippen LogP contribution is 2.35. The zero-order chi connectivity index (χ0) is 23.9. The van der Waals surface area contributed by atoms with Crippen molar-refractivity contribution >= 4 is 28.8 Å². The smallest absolute Gasteiger partial charge is 0.277 e. The molecular weight excluding hydrogens is 444 g/mol. The standard InChI is InChI=1S/C27H26N4O2S/c1-18-12-19(2)14-21(13-18)31-25(32)23-15-22(24-10-7-11-34-24)29-30(23)17-27(31,3)26(33)28-16-20-8-5-4-6-9-20/h4-15H,16-17H2,1-3H3,(H,28,33)/t27-/m0/s1. The first-order valence-electron chi connectivity index (χ1n) is 11.2. The van der Waals surface area contributed by atoms with Crippen LogP contribution in [0.5, 0.6) is 0 Å². The molecule has 172 valence electrons. The molecule has 6 nitrogen and oxygen atoms in total. The van der Waals surface area contributed by atoms with Gasteiger partial charge in [0.1, 0.15) is 16.9 Å². The minimum atomic E-state index is -1.15. The average molecular weight is 471 g/mol. The van der Waals surface area contributed by atoms with Gasteiger partial charge in [0.2, 0.25) is 5.91 Å². The van der Waals surface area contributed by atoms with Crippen LogP contribution in [0.15, 0.2) is 72.1 Å². The van der Waals surface area contributed by atoms with Crippen molar-refractivity contribution in [3.8, 4) is 10.6 Å². The van der Waals surface area contributed by atoms with Crippen LogP contribution in [-0.2, 0) is 17.9 Å². The van der Waals surface area contributed by atoms with E-state index in [1.165, 1.54) is 0 Å². The minimum absolute atomic E-state index is 0.220. The predicted octanol–water partition coefficient (Wildman–Crippen LogP) is 4.96. The van der Waals surface area contributed by atoms with E-state index in [9.17, 15) is 9.59 Å². The fourth-order valence-electron chi connectivity index (χ4n) is 4.58. The number of aromatic nitrogens is 2. The number of nitrogens with zero attached hydrogens (tertiary/aromatic N) is 3. The van der Waals surface area contributed by atoms with Gasteiger partial charge in [-0.2, -0.15) is 5.10 Å². The van der Waals surface area contributed by atoms with Crippen molar-refractivity contribution in [1.82, 2.24) is 15.1 Å². The van der Waals surface area contributed by atoms with E-state index in [1.54, 1.807) is 20.9 Å². The lowest BCUT2D eigenvalue weighted by atomic mass is 9.93. The van der Waals surface area contributed by atoms with Gasteiger partial charge < -0.3 is 5.32 Å². The van der Waals surface area contributed by atoms with Crippen molar-refractivity contribution in [3.63, 3.8) is 0 Å².